The van der Waals surface area contributed by atoms with E-state index in [9.17, 15) is 25.2 Å². The summed E-state index contributed by atoms with van der Waals surface area (Å²) in [6.45, 7) is 3.62. The SMILES string of the molecule is CC#Cc1ccc(-c2ccc(C(=O)[C@@H]3CC[C@H]([C@H](Cc4cc(O)cc(NC[C@H](C)O)c4)NC(N)=NC4CCCCC4)C[C@]34CC[C@H]([C@H](O)CO)C4)s2)s1. The van der Waals surface area contributed by atoms with Crippen LogP contribution in [-0.2, 0) is 6.42 Å². The van der Waals surface area contributed by atoms with Gasteiger partial charge < -0.3 is 36.8 Å². The van der Waals surface area contributed by atoms with E-state index in [4.69, 9.17) is 10.7 Å². The Balaban J connectivity index is 1.28. The maximum absolute atomic E-state index is 14.6. The van der Waals surface area contributed by atoms with Crippen molar-refractivity contribution >= 4 is 40.1 Å². The van der Waals surface area contributed by atoms with Gasteiger partial charge in [0, 0.05) is 40.0 Å². The van der Waals surface area contributed by atoms with Gasteiger partial charge in [0.2, 0.25) is 0 Å². The third kappa shape index (κ3) is 9.83. The molecule has 6 rings (SSSR count). The highest BCUT2D eigenvalue weighted by atomic mass is 32.1. The predicted molar refractivity (Wildman–Crippen MR) is 216 cm³/mol. The molecule has 0 amide bonds. The fourth-order valence-electron chi connectivity index (χ4n) is 9.20. The molecule has 286 valence electrons. The molecule has 0 radical (unpaired) electrons. The standard InChI is InChI=1S/C42H56N4O5S2/c1-3-7-33-11-13-37(52-33)38-14-15-39(53-38)40(51)34-12-10-28(22-42(34)17-16-29(23-42)36(50)25-47)35(46-41(43)45-30-8-5-4-6-9-30)20-27-18-31(21-32(49)19-27)44-24-26(2)48/h11,13-15,18-19,21,26,28-30,34-36,44,47-50H,4-6,8-10,12,16-17,20,22-25H2,1-2H3,(H3,43,45,46)/t26-,28-,29-,34-,35-,36+,42-/m0/s1. The zero-order chi connectivity index (χ0) is 37.5. The van der Waals surface area contributed by atoms with Gasteiger partial charge in [-0.05, 0) is 131 Å². The number of nitrogens with one attached hydrogen (secondary N) is 2. The Bertz CT molecular complexity index is 1790. The molecule has 2 aromatic heterocycles. The van der Waals surface area contributed by atoms with Crippen LogP contribution in [0.3, 0.4) is 0 Å². The predicted octanol–water partition coefficient (Wildman–Crippen LogP) is 6.93. The number of phenolic OH excluding ortho intramolecular Hbond substituents is 1. The maximum atomic E-state index is 14.6. The van der Waals surface area contributed by atoms with E-state index in [1.165, 1.54) is 6.42 Å². The van der Waals surface area contributed by atoms with Crippen LogP contribution in [0.1, 0.15) is 105 Å². The maximum Gasteiger partial charge on any atom is 0.189 e. The Labute approximate surface area is 322 Å². The number of nitrogens with zero attached hydrogens (tertiary/aromatic N) is 1. The molecule has 53 heavy (non-hydrogen) atoms. The minimum atomic E-state index is -0.815. The molecule has 1 spiro atoms. The monoisotopic (exact) mass is 760 g/mol. The molecule has 8 N–H and O–H groups in total. The van der Waals surface area contributed by atoms with Crippen LogP contribution < -0.4 is 16.4 Å². The van der Waals surface area contributed by atoms with Crippen LogP contribution in [0, 0.1) is 35.0 Å². The van der Waals surface area contributed by atoms with E-state index in [-0.39, 0.29) is 53.4 Å². The highest BCUT2D eigenvalue weighted by molar-refractivity contribution is 7.23. The molecule has 2 heterocycles. The molecule has 0 unspecified atom stereocenters. The van der Waals surface area contributed by atoms with Crippen molar-refractivity contribution < 1.29 is 25.2 Å². The van der Waals surface area contributed by atoms with Gasteiger partial charge in [-0.1, -0.05) is 25.2 Å². The number of aliphatic hydroxyl groups is 3. The second-order valence-electron chi connectivity index (χ2n) is 15.7. The Morgan fingerprint density at radius 3 is 2.51 bits per heavy atom. The van der Waals surface area contributed by atoms with Gasteiger partial charge in [-0.25, -0.2) is 0 Å². The number of ketones is 1. The summed E-state index contributed by atoms with van der Waals surface area (Å²) in [4.78, 5) is 23.5. The summed E-state index contributed by atoms with van der Waals surface area (Å²) in [6.07, 6.45) is 9.41. The first-order valence-electron chi connectivity index (χ1n) is 19.4. The molecular formula is C42H56N4O5S2. The first kappa shape index (κ1) is 39.3. The normalized spacial score (nSPS) is 25.4. The number of aliphatic imine (C=N–C) groups is 1. The van der Waals surface area contributed by atoms with Crippen molar-refractivity contribution in [3.05, 3.63) is 57.8 Å². The van der Waals surface area contributed by atoms with E-state index in [2.05, 4.69) is 28.5 Å². The van der Waals surface area contributed by atoms with Gasteiger partial charge >= 0.3 is 0 Å². The number of benzene rings is 1. The van der Waals surface area contributed by atoms with Gasteiger partial charge in [0.25, 0.3) is 0 Å². The molecule has 3 fully saturated rings. The lowest BCUT2D eigenvalue weighted by Gasteiger charge is -2.47. The van der Waals surface area contributed by atoms with E-state index in [1.54, 1.807) is 41.7 Å². The molecule has 11 heteroatoms. The van der Waals surface area contributed by atoms with Crippen molar-refractivity contribution in [3.8, 4) is 27.3 Å². The Morgan fingerprint density at radius 2 is 1.75 bits per heavy atom. The minimum absolute atomic E-state index is 0.0740. The van der Waals surface area contributed by atoms with Crippen LogP contribution in [-0.4, -0.2) is 69.6 Å². The van der Waals surface area contributed by atoms with Crippen molar-refractivity contribution in [1.29, 1.82) is 0 Å². The smallest absolute Gasteiger partial charge is 0.189 e. The molecule has 3 aliphatic rings. The van der Waals surface area contributed by atoms with Crippen LogP contribution in [0.5, 0.6) is 5.75 Å². The number of aliphatic hydroxyl groups excluding tert-OH is 3. The zero-order valence-corrected chi connectivity index (χ0v) is 32.7. The molecular weight excluding hydrogens is 705 g/mol. The fraction of sp³-hybridized carbons (Fsp3) is 0.571. The van der Waals surface area contributed by atoms with Gasteiger partial charge in [0.05, 0.1) is 34.6 Å². The number of Topliss-reactive ketones (excluding diaryl/α,β-unsaturated/α-hetero) is 1. The third-order valence-corrected chi connectivity index (χ3v) is 14.0. The molecule has 3 saturated carbocycles. The summed E-state index contributed by atoms with van der Waals surface area (Å²) in [5.41, 5.74) is 8.01. The number of carbonyl (C=O) groups excluding carboxylic acids is 1. The topological polar surface area (TPSA) is 160 Å². The molecule has 1 aromatic carbocycles. The Morgan fingerprint density at radius 1 is 1.00 bits per heavy atom. The van der Waals surface area contributed by atoms with Crippen molar-refractivity contribution in [1.82, 2.24) is 5.32 Å². The van der Waals surface area contributed by atoms with Gasteiger partial charge in [0.15, 0.2) is 11.7 Å². The lowest BCUT2D eigenvalue weighted by atomic mass is 9.58. The highest BCUT2D eigenvalue weighted by Gasteiger charge is 2.53. The Hall–Kier alpha value is -3.40. The lowest BCUT2D eigenvalue weighted by Crippen LogP contribution is -2.50. The number of nitrogens with two attached hydrogens (primary N) is 1. The molecule has 7 atom stereocenters. The lowest BCUT2D eigenvalue weighted by molar-refractivity contribution is 0.0187. The summed E-state index contributed by atoms with van der Waals surface area (Å²) in [6, 6.07) is 13.7. The van der Waals surface area contributed by atoms with Crippen LogP contribution in [0.4, 0.5) is 5.69 Å². The van der Waals surface area contributed by atoms with E-state index >= 15 is 0 Å². The number of carbonyl (C=O) groups is 1. The summed E-state index contributed by atoms with van der Waals surface area (Å²) >= 11 is 3.19. The molecule has 0 aliphatic heterocycles. The molecule has 3 aliphatic carbocycles. The summed E-state index contributed by atoms with van der Waals surface area (Å²) in [7, 11) is 0. The number of guanidine groups is 1. The molecule has 9 nitrogen and oxygen atoms in total. The Kier molecular flexibility index (Phi) is 13.2. The van der Waals surface area contributed by atoms with Crippen molar-refractivity contribution in [2.24, 2.45) is 33.9 Å². The van der Waals surface area contributed by atoms with Crippen LogP contribution in [0.25, 0.3) is 9.75 Å². The van der Waals surface area contributed by atoms with Gasteiger partial charge in [-0.2, -0.15) is 0 Å². The summed E-state index contributed by atoms with van der Waals surface area (Å²) < 4.78 is 0. The summed E-state index contributed by atoms with van der Waals surface area (Å²) in [5.74, 6) is 6.72. The number of aromatic hydroxyl groups is 1. The number of rotatable bonds is 13. The van der Waals surface area contributed by atoms with Crippen LogP contribution in [0.15, 0.2) is 47.5 Å². The van der Waals surface area contributed by atoms with Crippen molar-refractivity contribution in [2.45, 2.75) is 115 Å². The molecule has 3 aromatic rings. The van der Waals surface area contributed by atoms with E-state index in [0.29, 0.717) is 31.8 Å². The number of phenols is 1. The van der Waals surface area contributed by atoms with Crippen molar-refractivity contribution in [2.75, 3.05) is 18.5 Å². The second kappa shape index (κ2) is 17.8. The number of hydrogen-bond acceptors (Lipinski definition) is 9. The van der Waals surface area contributed by atoms with Crippen LogP contribution in [0.2, 0.25) is 0 Å². The van der Waals surface area contributed by atoms with Gasteiger partial charge in [-0.3, -0.25) is 9.79 Å². The molecule has 0 saturated heterocycles. The van der Waals surface area contributed by atoms with E-state index in [1.807, 2.05) is 31.2 Å². The van der Waals surface area contributed by atoms with Gasteiger partial charge in [0.1, 0.15) is 5.75 Å². The fourth-order valence-corrected chi connectivity index (χ4v) is 11.2. The van der Waals surface area contributed by atoms with Gasteiger partial charge in [-0.15, -0.1) is 28.6 Å². The van der Waals surface area contributed by atoms with E-state index in [0.717, 1.165) is 82.1 Å². The number of thiophene rings is 2. The molecule has 0 bridgehead atoms. The van der Waals surface area contributed by atoms with E-state index < -0.39 is 12.2 Å². The summed E-state index contributed by atoms with van der Waals surface area (Å²) in [5, 5.41) is 48.2. The average molecular weight is 761 g/mol. The first-order chi connectivity index (χ1) is 25.6. The number of hydrogen-bond donors (Lipinski definition) is 7. The largest absolute Gasteiger partial charge is 0.508 e. The first-order valence-corrected chi connectivity index (χ1v) is 21.0. The average Bonchev–Trinajstić information content (AvgIpc) is 3.91. The third-order valence-electron chi connectivity index (χ3n) is 11.7. The van der Waals surface area contributed by atoms with Crippen LogP contribution >= 0.6 is 22.7 Å². The second-order valence-corrected chi connectivity index (χ2v) is 17.8. The quantitative estimate of drug-likeness (QED) is 0.0428. The van der Waals surface area contributed by atoms with Crippen molar-refractivity contribution in [3.63, 3.8) is 0 Å². The minimum Gasteiger partial charge on any atom is -0.508 e. The number of anilines is 1. The zero-order valence-electron chi connectivity index (χ0n) is 31.0. The highest BCUT2D eigenvalue weighted by Crippen LogP contribution is 2.58.